The molecule has 1 N–H and O–H groups in total. The van der Waals surface area contributed by atoms with Gasteiger partial charge in [-0.25, -0.2) is 4.98 Å². The van der Waals surface area contributed by atoms with Crippen molar-refractivity contribution in [2.24, 2.45) is 0 Å². The van der Waals surface area contributed by atoms with Crippen molar-refractivity contribution >= 4 is 12.0 Å². The highest BCUT2D eigenvalue weighted by molar-refractivity contribution is 5.48. The molecule has 0 fully saturated rings. The second-order valence-corrected chi connectivity index (χ2v) is 4.27. The summed E-state index contributed by atoms with van der Waals surface area (Å²) in [5.41, 5.74) is 1.16. The molecule has 0 radical (unpaired) electrons. The molecule has 20 heavy (non-hydrogen) atoms. The molecule has 2 rings (SSSR count). The molecule has 1 aromatic carbocycles. The van der Waals surface area contributed by atoms with E-state index in [1.54, 1.807) is 12.3 Å². The van der Waals surface area contributed by atoms with Gasteiger partial charge < -0.3 is 10.1 Å². The van der Waals surface area contributed by atoms with Gasteiger partial charge in [0.2, 0.25) is 11.8 Å². The van der Waals surface area contributed by atoms with E-state index in [-0.39, 0.29) is 0 Å². The maximum atomic E-state index is 5.57. The molecule has 0 saturated heterocycles. The highest BCUT2D eigenvalue weighted by Crippen LogP contribution is 2.08. The fraction of sp³-hybridized carbons (Fsp3) is 0.250. The average molecular weight is 269 g/mol. The molecule has 4 nitrogen and oxygen atoms in total. The molecule has 0 aliphatic rings. The number of aromatic nitrogens is 2. The van der Waals surface area contributed by atoms with Crippen molar-refractivity contribution in [2.45, 2.75) is 13.3 Å². The zero-order valence-electron chi connectivity index (χ0n) is 11.6. The Bertz CT molecular complexity index is 540. The molecule has 0 spiro atoms. The molecule has 1 heterocycles. The summed E-state index contributed by atoms with van der Waals surface area (Å²) in [6.07, 6.45) is 6.73. The largest absolute Gasteiger partial charge is 0.473 e. The molecule has 2 aromatic rings. The first-order valence-corrected chi connectivity index (χ1v) is 6.80. The number of hydrogen-bond acceptors (Lipinski definition) is 4. The molecular weight excluding hydrogens is 250 g/mol. The lowest BCUT2D eigenvalue weighted by atomic mass is 10.2. The predicted molar refractivity (Wildman–Crippen MR) is 81.8 cm³/mol. The van der Waals surface area contributed by atoms with Crippen molar-refractivity contribution in [2.75, 3.05) is 18.5 Å². The minimum Gasteiger partial charge on any atom is -0.473 e. The highest BCUT2D eigenvalue weighted by Gasteiger charge is 1.98. The van der Waals surface area contributed by atoms with Crippen LogP contribution < -0.4 is 10.1 Å². The Balaban J connectivity index is 1.83. The topological polar surface area (TPSA) is 47.0 Å². The van der Waals surface area contributed by atoms with Crippen LogP contribution in [0, 0.1) is 0 Å². The summed E-state index contributed by atoms with van der Waals surface area (Å²) in [5, 5.41) is 3.13. The molecule has 0 aliphatic carbocycles. The minimum atomic E-state index is 0.485. The van der Waals surface area contributed by atoms with E-state index < -0.39 is 0 Å². The number of benzene rings is 1. The van der Waals surface area contributed by atoms with Crippen LogP contribution in [0.4, 0.5) is 5.95 Å². The van der Waals surface area contributed by atoms with Crippen LogP contribution in [0.5, 0.6) is 5.88 Å². The van der Waals surface area contributed by atoms with Crippen LogP contribution in [0.2, 0.25) is 0 Å². The minimum absolute atomic E-state index is 0.485. The van der Waals surface area contributed by atoms with Crippen molar-refractivity contribution in [1.82, 2.24) is 9.97 Å². The van der Waals surface area contributed by atoms with Crippen molar-refractivity contribution in [3.8, 4) is 5.88 Å². The van der Waals surface area contributed by atoms with Crippen LogP contribution in [0.1, 0.15) is 18.9 Å². The Kier molecular flexibility index (Phi) is 5.58. The van der Waals surface area contributed by atoms with Gasteiger partial charge in [0.1, 0.15) is 6.61 Å². The third-order valence-corrected chi connectivity index (χ3v) is 2.60. The summed E-state index contributed by atoms with van der Waals surface area (Å²) in [7, 11) is 0. The summed E-state index contributed by atoms with van der Waals surface area (Å²) in [6.45, 7) is 3.44. The van der Waals surface area contributed by atoms with Gasteiger partial charge in [0.15, 0.2) is 0 Å². The summed E-state index contributed by atoms with van der Waals surface area (Å²) in [4.78, 5) is 8.41. The van der Waals surface area contributed by atoms with E-state index in [0.29, 0.717) is 18.4 Å². The third-order valence-electron chi connectivity index (χ3n) is 2.60. The van der Waals surface area contributed by atoms with Gasteiger partial charge in [-0.15, -0.1) is 0 Å². The molecule has 4 heteroatoms. The molecule has 104 valence electrons. The first kappa shape index (κ1) is 14.1. The van der Waals surface area contributed by atoms with Crippen LogP contribution in [0.25, 0.3) is 6.08 Å². The van der Waals surface area contributed by atoms with Crippen LogP contribution in [-0.2, 0) is 0 Å². The molecule has 0 atom stereocenters. The smallest absolute Gasteiger partial charge is 0.225 e. The second kappa shape index (κ2) is 7.94. The Morgan fingerprint density at radius 3 is 2.85 bits per heavy atom. The fourth-order valence-electron chi connectivity index (χ4n) is 1.63. The lowest BCUT2D eigenvalue weighted by Gasteiger charge is -2.05. The number of nitrogens with one attached hydrogen (secondary N) is 1. The maximum absolute atomic E-state index is 5.57. The van der Waals surface area contributed by atoms with Crippen molar-refractivity contribution in [3.05, 3.63) is 54.2 Å². The summed E-state index contributed by atoms with van der Waals surface area (Å²) < 4.78 is 5.57. The fourth-order valence-corrected chi connectivity index (χ4v) is 1.63. The van der Waals surface area contributed by atoms with E-state index in [2.05, 4.69) is 22.2 Å². The van der Waals surface area contributed by atoms with E-state index in [9.17, 15) is 0 Å². The molecule has 0 bridgehead atoms. The zero-order valence-corrected chi connectivity index (χ0v) is 11.6. The van der Waals surface area contributed by atoms with Gasteiger partial charge in [-0.3, -0.25) is 0 Å². The summed E-state index contributed by atoms with van der Waals surface area (Å²) >= 11 is 0. The maximum Gasteiger partial charge on any atom is 0.225 e. The van der Waals surface area contributed by atoms with Gasteiger partial charge in [-0.05, 0) is 18.1 Å². The van der Waals surface area contributed by atoms with Crippen molar-refractivity contribution < 1.29 is 4.74 Å². The number of rotatable bonds is 7. The predicted octanol–water partition coefficient (Wildman–Crippen LogP) is 3.39. The normalized spacial score (nSPS) is 10.7. The molecule has 0 amide bonds. The Labute approximate surface area is 119 Å². The molecule has 1 aromatic heterocycles. The van der Waals surface area contributed by atoms with Crippen molar-refractivity contribution in [3.63, 3.8) is 0 Å². The van der Waals surface area contributed by atoms with E-state index in [1.165, 1.54) is 0 Å². The van der Waals surface area contributed by atoms with Crippen LogP contribution >= 0.6 is 0 Å². The van der Waals surface area contributed by atoms with Gasteiger partial charge in [-0.2, -0.15) is 4.98 Å². The summed E-state index contributed by atoms with van der Waals surface area (Å²) in [5.74, 6) is 1.19. The number of anilines is 1. The Morgan fingerprint density at radius 1 is 1.20 bits per heavy atom. The van der Waals surface area contributed by atoms with Gasteiger partial charge in [-0.1, -0.05) is 43.3 Å². The van der Waals surface area contributed by atoms with E-state index in [1.807, 2.05) is 42.5 Å². The van der Waals surface area contributed by atoms with Gasteiger partial charge in [0, 0.05) is 18.8 Å². The first-order valence-electron chi connectivity index (χ1n) is 6.80. The van der Waals surface area contributed by atoms with Crippen LogP contribution in [-0.4, -0.2) is 23.1 Å². The number of hydrogen-bond donors (Lipinski definition) is 1. The lowest BCUT2D eigenvalue weighted by molar-refractivity contribution is 0.349. The van der Waals surface area contributed by atoms with E-state index >= 15 is 0 Å². The first-order chi connectivity index (χ1) is 9.88. The van der Waals surface area contributed by atoms with Gasteiger partial charge in [0.25, 0.3) is 0 Å². The Morgan fingerprint density at radius 2 is 2.05 bits per heavy atom. The average Bonchev–Trinajstić information content (AvgIpc) is 2.51. The SMILES string of the molecule is CCCNc1nccc(OC/C=C/c2ccccc2)n1. The zero-order chi connectivity index (χ0) is 14.0. The molecular formula is C16H19N3O. The summed E-state index contributed by atoms with van der Waals surface area (Å²) in [6, 6.07) is 11.9. The molecule has 0 saturated carbocycles. The van der Waals surface area contributed by atoms with Crippen LogP contribution in [0.15, 0.2) is 48.7 Å². The lowest BCUT2D eigenvalue weighted by Crippen LogP contribution is -2.05. The highest BCUT2D eigenvalue weighted by atomic mass is 16.5. The Hall–Kier alpha value is -2.36. The van der Waals surface area contributed by atoms with E-state index in [4.69, 9.17) is 4.74 Å². The standard InChI is InChI=1S/C16H19N3O/c1-2-11-17-16-18-12-10-15(19-16)20-13-6-9-14-7-4-3-5-8-14/h3-10,12H,2,11,13H2,1H3,(H,17,18,19)/b9-6+. The van der Waals surface area contributed by atoms with Crippen LogP contribution in [0.3, 0.4) is 0 Å². The van der Waals surface area contributed by atoms with E-state index in [0.717, 1.165) is 18.5 Å². The number of nitrogens with zero attached hydrogens (tertiary/aromatic N) is 2. The monoisotopic (exact) mass is 269 g/mol. The molecule has 0 unspecified atom stereocenters. The van der Waals surface area contributed by atoms with Gasteiger partial charge >= 0.3 is 0 Å². The quantitative estimate of drug-likeness (QED) is 0.837. The van der Waals surface area contributed by atoms with Gasteiger partial charge in [0.05, 0.1) is 0 Å². The second-order valence-electron chi connectivity index (χ2n) is 4.27. The third kappa shape index (κ3) is 4.72. The number of ether oxygens (including phenoxy) is 1. The van der Waals surface area contributed by atoms with Crippen molar-refractivity contribution in [1.29, 1.82) is 0 Å². The molecule has 0 aliphatic heterocycles.